The minimum atomic E-state index is -0.459. The number of non-ortho nitro benzene ring substituents is 1. The Morgan fingerprint density at radius 3 is 2.50 bits per heavy atom. The summed E-state index contributed by atoms with van der Waals surface area (Å²) in [7, 11) is 0. The molecule has 2 aromatic carbocycles. The standard InChI is InChI=1S/C21H17N3O2/c1-15-11-18(16(2)23(15)20-8-4-3-5-9-20)12-19(14-22)17-7-6-10-21(13-17)24(25)26/h3-13H,1-2H3. The minimum absolute atomic E-state index is 0.0293. The van der Waals surface area contributed by atoms with Crippen LogP contribution < -0.4 is 0 Å². The molecule has 26 heavy (non-hydrogen) atoms. The van der Waals surface area contributed by atoms with Crippen molar-refractivity contribution in [2.75, 3.05) is 0 Å². The lowest BCUT2D eigenvalue weighted by molar-refractivity contribution is -0.384. The van der Waals surface area contributed by atoms with Gasteiger partial charge >= 0.3 is 0 Å². The van der Waals surface area contributed by atoms with Crippen LogP contribution in [0.4, 0.5) is 5.69 Å². The molecule has 0 aliphatic heterocycles. The third-order valence-electron chi connectivity index (χ3n) is 4.27. The van der Waals surface area contributed by atoms with E-state index in [1.54, 1.807) is 18.2 Å². The van der Waals surface area contributed by atoms with Gasteiger partial charge in [0.1, 0.15) is 0 Å². The van der Waals surface area contributed by atoms with E-state index in [0.717, 1.165) is 22.6 Å². The van der Waals surface area contributed by atoms with Crippen LogP contribution in [-0.4, -0.2) is 9.49 Å². The van der Waals surface area contributed by atoms with E-state index in [1.165, 1.54) is 12.1 Å². The van der Waals surface area contributed by atoms with Gasteiger partial charge < -0.3 is 4.57 Å². The molecule has 0 fully saturated rings. The van der Waals surface area contributed by atoms with Gasteiger partial charge in [0.25, 0.3) is 5.69 Å². The van der Waals surface area contributed by atoms with Crippen LogP contribution in [0.1, 0.15) is 22.5 Å². The summed E-state index contributed by atoms with van der Waals surface area (Å²) in [6.07, 6.45) is 1.78. The van der Waals surface area contributed by atoms with Crippen LogP contribution in [0, 0.1) is 35.3 Å². The molecule has 128 valence electrons. The van der Waals surface area contributed by atoms with E-state index in [-0.39, 0.29) is 5.69 Å². The number of hydrogen-bond acceptors (Lipinski definition) is 3. The zero-order chi connectivity index (χ0) is 18.7. The van der Waals surface area contributed by atoms with E-state index in [2.05, 4.69) is 10.6 Å². The molecule has 0 spiro atoms. The summed E-state index contributed by atoms with van der Waals surface area (Å²) >= 11 is 0. The smallest absolute Gasteiger partial charge is 0.270 e. The fourth-order valence-corrected chi connectivity index (χ4v) is 3.03. The topological polar surface area (TPSA) is 71.9 Å². The first-order valence-electron chi connectivity index (χ1n) is 8.12. The Bertz CT molecular complexity index is 1040. The lowest BCUT2D eigenvalue weighted by atomic mass is 10.0. The molecular formula is C21H17N3O2. The lowest BCUT2D eigenvalue weighted by Crippen LogP contribution is -1.98. The Morgan fingerprint density at radius 1 is 1.12 bits per heavy atom. The Kier molecular flexibility index (Phi) is 4.68. The molecule has 3 rings (SSSR count). The third kappa shape index (κ3) is 3.26. The number of aromatic nitrogens is 1. The number of para-hydroxylation sites is 1. The molecule has 0 bridgehead atoms. The van der Waals surface area contributed by atoms with Crippen LogP contribution in [-0.2, 0) is 0 Å². The molecule has 1 aromatic heterocycles. The highest BCUT2D eigenvalue weighted by Crippen LogP contribution is 2.26. The second kappa shape index (κ2) is 7.08. The van der Waals surface area contributed by atoms with Gasteiger partial charge in [-0.25, -0.2) is 0 Å². The molecule has 0 atom stereocenters. The maximum atomic E-state index is 11.0. The average Bonchev–Trinajstić information content (AvgIpc) is 2.93. The SMILES string of the molecule is Cc1cc(C=C(C#N)c2cccc([N+](=O)[O-])c2)c(C)n1-c1ccccc1. The number of aryl methyl sites for hydroxylation is 1. The van der Waals surface area contributed by atoms with Gasteiger partial charge in [-0.3, -0.25) is 10.1 Å². The Hall–Kier alpha value is -3.65. The van der Waals surface area contributed by atoms with E-state index in [0.29, 0.717) is 11.1 Å². The first kappa shape index (κ1) is 17.2. The number of allylic oxidation sites excluding steroid dienone is 1. The minimum Gasteiger partial charge on any atom is -0.318 e. The second-order valence-electron chi connectivity index (χ2n) is 5.97. The fraction of sp³-hybridized carbons (Fsp3) is 0.0952. The molecule has 5 heteroatoms. The van der Waals surface area contributed by atoms with Crippen LogP contribution in [0.15, 0.2) is 60.7 Å². The summed E-state index contributed by atoms with van der Waals surface area (Å²) in [6, 6.07) is 20.3. The highest BCUT2D eigenvalue weighted by Gasteiger charge is 2.12. The first-order valence-corrected chi connectivity index (χ1v) is 8.12. The van der Waals surface area contributed by atoms with Gasteiger partial charge in [-0.1, -0.05) is 30.3 Å². The lowest BCUT2D eigenvalue weighted by Gasteiger charge is -2.09. The molecule has 0 aliphatic rings. The van der Waals surface area contributed by atoms with Crippen LogP contribution in [0.25, 0.3) is 17.3 Å². The zero-order valence-corrected chi connectivity index (χ0v) is 14.5. The quantitative estimate of drug-likeness (QED) is 0.377. The summed E-state index contributed by atoms with van der Waals surface area (Å²) in [5.74, 6) is 0. The molecule has 5 nitrogen and oxygen atoms in total. The van der Waals surface area contributed by atoms with Gasteiger partial charge in [-0.15, -0.1) is 0 Å². The summed E-state index contributed by atoms with van der Waals surface area (Å²) in [5, 5.41) is 20.5. The average molecular weight is 343 g/mol. The van der Waals surface area contributed by atoms with Crippen LogP contribution in [0.5, 0.6) is 0 Å². The molecule has 0 radical (unpaired) electrons. The summed E-state index contributed by atoms with van der Waals surface area (Å²) in [6.45, 7) is 4.00. The van der Waals surface area contributed by atoms with E-state index >= 15 is 0 Å². The van der Waals surface area contributed by atoms with Gasteiger partial charge in [0.15, 0.2) is 0 Å². The Morgan fingerprint density at radius 2 is 1.85 bits per heavy atom. The van der Waals surface area contributed by atoms with Crippen molar-refractivity contribution < 1.29 is 4.92 Å². The van der Waals surface area contributed by atoms with Gasteiger partial charge in [0.2, 0.25) is 0 Å². The highest BCUT2D eigenvalue weighted by atomic mass is 16.6. The first-order chi connectivity index (χ1) is 12.5. The number of nitriles is 1. The molecular weight excluding hydrogens is 326 g/mol. The highest BCUT2D eigenvalue weighted by molar-refractivity contribution is 5.90. The normalized spacial score (nSPS) is 11.2. The zero-order valence-electron chi connectivity index (χ0n) is 14.5. The van der Waals surface area contributed by atoms with Gasteiger partial charge in [0, 0.05) is 29.2 Å². The maximum Gasteiger partial charge on any atom is 0.270 e. The van der Waals surface area contributed by atoms with Crippen LogP contribution in [0.2, 0.25) is 0 Å². The fourth-order valence-electron chi connectivity index (χ4n) is 3.03. The van der Waals surface area contributed by atoms with Crippen LogP contribution in [0.3, 0.4) is 0 Å². The van der Waals surface area contributed by atoms with Crippen molar-refractivity contribution in [3.8, 4) is 11.8 Å². The monoisotopic (exact) mass is 343 g/mol. The van der Waals surface area contributed by atoms with E-state index < -0.39 is 4.92 Å². The van der Waals surface area contributed by atoms with Crippen LogP contribution >= 0.6 is 0 Å². The maximum absolute atomic E-state index is 11.0. The van der Waals surface area contributed by atoms with Gasteiger partial charge in [-0.05, 0) is 49.2 Å². The number of nitro groups is 1. The van der Waals surface area contributed by atoms with Crippen molar-refractivity contribution in [1.82, 2.24) is 4.57 Å². The molecule has 1 heterocycles. The predicted molar refractivity (Wildman–Crippen MR) is 102 cm³/mol. The molecule has 3 aromatic rings. The number of hydrogen-bond donors (Lipinski definition) is 0. The predicted octanol–water partition coefficient (Wildman–Crippen LogP) is 5.07. The largest absolute Gasteiger partial charge is 0.318 e. The number of nitro benzene ring substituents is 1. The van der Waals surface area contributed by atoms with Gasteiger partial charge in [0.05, 0.1) is 16.6 Å². The Balaban J connectivity index is 2.08. The molecule has 0 N–H and O–H groups in total. The summed E-state index contributed by atoms with van der Waals surface area (Å²) in [4.78, 5) is 10.5. The molecule has 0 unspecified atom stereocenters. The van der Waals surface area contributed by atoms with E-state index in [1.807, 2.05) is 50.2 Å². The number of rotatable bonds is 4. The van der Waals surface area contributed by atoms with E-state index in [9.17, 15) is 15.4 Å². The summed E-state index contributed by atoms with van der Waals surface area (Å²) < 4.78 is 2.12. The van der Waals surface area contributed by atoms with Crippen molar-refractivity contribution in [3.63, 3.8) is 0 Å². The second-order valence-corrected chi connectivity index (χ2v) is 5.97. The van der Waals surface area contributed by atoms with Crippen molar-refractivity contribution in [3.05, 3.63) is 93.3 Å². The van der Waals surface area contributed by atoms with Crippen molar-refractivity contribution >= 4 is 17.3 Å². The molecule has 0 amide bonds. The van der Waals surface area contributed by atoms with Crippen molar-refractivity contribution in [2.45, 2.75) is 13.8 Å². The molecule has 0 saturated carbocycles. The van der Waals surface area contributed by atoms with E-state index in [4.69, 9.17) is 0 Å². The van der Waals surface area contributed by atoms with Crippen molar-refractivity contribution in [1.29, 1.82) is 5.26 Å². The van der Waals surface area contributed by atoms with Crippen molar-refractivity contribution in [2.24, 2.45) is 0 Å². The third-order valence-corrected chi connectivity index (χ3v) is 4.27. The Labute approximate surface area is 151 Å². The number of benzene rings is 2. The molecule has 0 aliphatic carbocycles. The summed E-state index contributed by atoms with van der Waals surface area (Å²) in [5.41, 5.74) is 4.92. The molecule has 0 saturated heterocycles. The van der Waals surface area contributed by atoms with Gasteiger partial charge in [-0.2, -0.15) is 5.26 Å². The number of nitrogens with zero attached hydrogens (tertiary/aromatic N) is 3.